The highest BCUT2D eigenvalue weighted by atomic mass is 35.5. The maximum absolute atomic E-state index is 5.86. The molecule has 0 aromatic rings. The van der Waals surface area contributed by atoms with Crippen LogP contribution in [-0.2, 0) is 4.74 Å². The molecule has 0 atom stereocenters. The molecular formula is C12H16Cl2O. The highest BCUT2D eigenvalue weighted by molar-refractivity contribution is 6.21. The van der Waals surface area contributed by atoms with Gasteiger partial charge in [0.2, 0.25) is 0 Å². The van der Waals surface area contributed by atoms with Gasteiger partial charge in [-0.05, 0) is 49.7 Å². The van der Waals surface area contributed by atoms with E-state index in [1.807, 2.05) is 0 Å². The molecule has 3 heteroatoms. The molecule has 0 radical (unpaired) electrons. The molecule has 0 saturated heterocycles. The second-order valence-electron chi connectivity index (χ2n) is 4.45. The van der Waals surface area contributed by atoms with Crippen molar-refractivity contribution in [2.75, 3.05) is 0 Å². The van der Waals surface area contributed by atoms with Gasteiger partial charge in [-0.25, -0.2) is 0 Å². The number of halogens is 2. The first-order chi connectivity index (χ1) is 7.24. The lowest BCUT2D eigenvalue weighted by atomic mass is 9.85. The Labute approximate surface area is 101 Å². The molecule has 0 aromatic heterocycles. The Hall–Kier alpha value is -0.140. The third-order valence-electron chi connectivity index (χ3n) is 3.09. The Morgan fingerprint density at radius 2 is 1.20 bits per heavy atom. The van der Waals surface area contributed by atoms with Crippen LogP contribution in [0, 0.1) is 11.8 Å². The maximum atomic E-state index is 5.86. The van der Waals surface area contributed by atoms with Gasteiger partial charge in [0.15, 0.2) is 0 Å². The predicted molar refractivity (Wildman–Crippen MR) is 64.1 cm³/mol. The van der Waals surface area contributed by atoms with E-state index in [4.69, 9.17) is 27.9 Å². The zero-order valence-electron chi connectivity index (χ0n) is 8.61. The van der Waals surface area contributed by atoms with Crippen molar-refractivity contribution >= 4 is 23.2 Å². The van der Waals surface area contributed by atoms with Crippen molar-refractivity contribution in [1.29, 1.82) is 0 Å². The minimum atomic E-state index is 0.380. The van der Waals surface area contributed by atoms with Crippen molar-refractivity contribution in [2.24, 2.45) is 11.8 Å². The van der Waals surface area contributed by atoms with Crippen LogP contribution in [0.5, 0.6) is 0 Å². The molecule has 0 bridgehead atoms. The fourth-order valence-corrected chi connectivity index (χ4v) is 2.76. The van der Waals surface area contributed by atoms with Crippen LogP contribution in [0.25, 0.3) is 0 Å². The Bertz CT molecular complexity index is 224. The van der Waals surface area contributed by atoms with Gasteiger partial charge in [-0.3, -0.25) is 0 Å². The van der Waals surface area contributed by atoms with Gasteiger partial charge in [0, 0.05) is 10.8 Å². The molecule has 0 unspecified atom stereocenters. The van der Waals surface area contributed by atoms with Gasteiger partial charge in [0.1, 0.15) is 0 Å². The van der Waals surface area contributed by atoms with E-state index in [9.17, 15) is 0 Å². The maximum Gasteiger partial charge on any atom is 0.0864 e. The van der Waals surface area contributed by atoms with Gasteiger partial charge in [-0.15, -0.1) is 23.2 Å². The number of alkyl halides is 2. The Morgan fingerprint density at radius 3 is 1.53 bits per heavy atom. The first-order valence-electron chi connectivity index (χ1n) is 5.51. The quantitative estimate of drug-likeness (QED) is 0.537. The zero-order valence-corrected chi connectivity index (χ0v) is 10.1. The molecule has 0 heterocycles. The summed E-state index contributed by atoms with van der Waals surface area (Å²) in [6.07, 6.45) is 12.1. The van der Waals surface area contributed by atoms with E-state index in [0.717, 1.165) is 25.7 Å². The van der Waals surface area contributed by atoms with Crippen LogP contribution in [0.2, 0.25) is 0 Å². The van der Waals surface area contributed by atoms with Gasteiger partial charge >= 0.3 is 0 Å². The number of allylic oxidation sites excluding steroid dienone is 2. The van der Waals surface area contributed by atoms with Gasteiger partial charge in [-0.2, -0.15) is 0 Å². The Balaban J connectivity index is 1.54. The number of hydrogen-bond donors (Lipinski definition) is 0. The van der Waals surface area contributed by atoms with Crippen molar-refractivity contribution in [3.05, 3.63) is 24.7 Å². The van der Waals surface area contributed by atoms with Crippen molar-refractivity contribution in [3.8, 4) is 0 Å². The molecule has 2 rings (SSSR count). The summed E-state index contributed by atoms with van der Waals surface area (Å²) in [4.78, 5) is 0. The SMILES string of the molecule is ClC1CC(C=COC=CC2CC(Cl)C2)C1. The molecule has 2 saturated carbocycles. The number of rotatable bonds is 4. The third-order valence-corrected chi connectivity index (χ3v) is 3.81. The topological polar surface area (TPSA) is 9.23 Å². The predicted octanol–water partition coefficient (Wildman–Crippen LogP) is 4.07. The van der Waals surface area contributed by atoms with E-state index >= 15 is 0 Å². The second-order valence-corrected chi connectivity index (χ2v) is 5.69. The summed E-state index contributed by atoms with van der Waals surface area (Å²) >= 11 is 11.7. The molecular weight excluding hydrogens is 231 g/mol. The highest BCUT2D eigenvalue weighted by Crippen LogP contribution is 2.33. The van der Waals surface area contributed by atoms with E-state index in [0.29, 0.717) is 22.6 Å². The number of hydrogen-bond acceptors (Lipinski definition) is 1. The average Bonchev–Trinajstić information content (AvgIpc) is 2.11. The summed E-state index contributed by atoms with van der Waals surface area (Å²) < 4.78 is 5.27. The average molecular weight is 247 g/mol. The van der Waals surface area contributed by atoms with Crippen LogP contribution in [0.3, 0.4) is 0 Å². The Morgan fingerprint density at radius 1 is 0.800 bits per heavy atom. The molecule has 0 aliphatic heterocycles. The number of ether oxygens (including phenoxy) is 1. The largest absolute Gasteiger partial charge is 0.473 e. The monoisotopic (exact) mass is 246 g/mol. The van der Waals surface area contributed by atoms with E-state index in [1.54, 1.807) is 12.5 Å². The van der Waals surface area contributed by atoms with Gasteiger partial charge in [0.05, 0.1) is 12.5 Å². The summed E-state index contributed by atoms with van der Waals surface area (Å²) in [5.41, 5.74) is 0. The van der Waals surface area contributed by atoms with Gasteiger partial charge in [0.25, 0.3) is 0 Å². The fraction of sp³-hybridized carbons (Fsp3) is 0.667. The molecule has 2 aliphatic rings. The third kappa shape index (κ3) is 3.42. The summed E-state index contributed by atoms with van der Waals surface area (Å²) in [6, 6.07) is 0. The van der Waals surface area contributed by atoms with E-state index in [-0.39, 0.29) is 0 Å². The molecule has 15 heavy (non-hydrogen) atoms. The van der Waals surface area contributed by atoms with Crippen LogP contribution in [-0.4, -0.2) is 10.8 Å². The summed E-state index contributed by atoms with van der Waals surface area (Å²) in [7, 11) is 0. The van der Waals surface area contributed by atoms with Crippen LogP contribution in [0.1, 0.15) is 25.7 Å². The van der Waals surface area contributed by atoms with Gasteiger partial charge < -0.3 is 4.74 Å². The lowest BCUT2D eigenvalue weighted by molar-refractivity contribution is 0.348. The molecule has 84 valence electrons. The molecule has 0 N–H and O–H groups in total. The highest BCUT2D eigenvalue weighted by Gasteiger charge is 2.25. The van der Waals surface area contributed by atoms with E-state index in [2.05, 4.69) is 12.2 Å². The van der Waals surface area contributed by atoms with E-state index < -0.39 is 0 Å². The summed E-state index contributed by atoms with van der Waals surface area (Å²) in [6.45, 7) is 0. The Kier molecular flexibility index (Phi) is 3.99. The standard InChI is InChI=1S/C12H16Cl2O/c13-11-5-9(6-11)1-3-15-4-2-10-7-12(14)8-10/h1-4,9-12H,5-8H2. The molecule has 0 aromatic carbocycles. The second kappa shape index (κ2) is 5.27. The first kappa shape index (κ1) is 11.3. The smallest absolute Gasteiger partial charge is 0.0864 e. The van der Waals surface area contributed by atoms with Crippen LogP contribution >= 0.6 is 23.2 Å². The minimum absolute atomic E-state index is 0.380. The normalized spacial score (nSPS) is 40.4. The summed E-state index contributed by atoms with van der Waals surface area (Å²) in [5, 5.41) is 0.761. The van der Waals surface area contributed by atoms with Crippen LogP contribution in [0.15, 0.2) is 24.7 Å². The lowest BCUT2D eigenvalue weighted by Gasteiger charge is -2.28. The summed E-state index contributed by atoms with van der Waals surface area (Å²) in [5.74, 6) is 1.24. The van der Waals surface area contributed by atoms with Crippen LogP contribution in [0.4, 0.5) is 0 Å². The van der Waals surface area contributed by atoms with Crippen molar-refractivity contribution in [3.63, 3.8) is 0 Å². The first-order valence-corrected chi connectivity index (χ1v) is 6.38. The molecule has 2 aliphatic carbocycles. The van der Waals surface area contributed by atoms with Crippen molar-refractivity contribution < 1.29 is 4.74 Å². The van der Waals surface area contributed by atoms with Crippen molar-refractivity contribution in [2.45, 2.75) is 36.4 Å². The molecule has 1 nitrogen and oxygen atoms in total. The zero-order chi connectivity index (χ0) is 10.7. The fourth-order valence-electron chi connectivity index (χ4n) is 1.85. The van der Waals surface area contributed by atoms with Gasteiger partial charge in [-0.1, -0.05) is 0 Å². The van der Waals surface area contributed by atoms with E-state index in [1.165, 1.54) is 0 Å². The molecule has 0 amide bonds. The van der Waals surface area contributed by atoms with Crippen LogP contribution < -0.4 is 0 Å². The van der Waals surface area contributed by atoms with Crippen molar-refractivity contribution in [1.82, 2.24) is 0 Å². The molecule has 0 spiro atoms. The lowest BCUT2D eigenvalue weighted by Crippen LogP contribution is -2.22. The minimum Gasteiger partial charge on any atom is -0.473 e. The molecule has 2 fully saturated rings.